The Bertz CT molecular complexity index is 567. The highest BCUT2D eigenvalue weighted by Gasteiger charge is 2.68. The van der Waals surface area contributed by atoms with Crippen LogP contribution in [0.4, 0.5) is 0 Å². The lowest BCUT2D eigenvalue weighted by Crippen LogP contribution is -2.29. The fourth-order valence-corrected chi connectivity index (χ4v) is 2.56. The minimum atomic E-state index is -1.52. The van der Waals surface area contributed by atoms with E-state index < -0.39 is 23.3 Å². The molecule has 0 radical (unpaired) electrons. The van der Waals surface area contributed by atoms with E-state index in [1.165, 1.54) is 14.2 Å². The van der Waals surface area contributed by atoms with Gasteiger partial charge in [0.2, 0.25) is 0 Å². The number of methoxy groups -OCH3 is 2. The maximum atomic E-state index is 12.0. The van der Waals surface area contributed by atoms with E-state index in [4.69, 9.17) is 14.2 Å². The number of carboxylic acid groups (broad SMARTS) is 1. The first kappa shape index (κ1) is 15.2. The van der Waals surface area contributed by atoms with Gasteiger partial charge in [0.15, 0.2) is 5.41 Å². The Morgan fingerprint density at radius 1 is 1.33 bits per heavy atom. The Hall–Kier alpha value is -2.24. The molecule has 0 amide bonds. The maximum Gasteiger partial charge on any atom is 0.324 e. The molecular formula is C15H18O6. The van der Waals surface area contributed by atoms with Crippen molar-refractivity contribution < 1.29 is 28.9 Å². The minimum absolute atomic E-state index is 0.149. The van der Waals surface area contributed by atoms with Crippen molar-refractivity contribution in [2.24, 2.45) is 5.41 Å². The maximum absolute atomic E-state index is 12.0. The van der Waals surface area contributed by atoms with Crippen molar-refractivity contribution in [2.75, 3.05) is 20.8 Å². The molecule has 1 aromatic rings. The minimum Gasteiger partial charge on any atom is -0.497 e. The van der Waals surface area contributed by atoms with Crippen LogP contribution in [-0.4, -0.2) is 37.9 Å². The molecule has 0 spiro atoms. The third-order valence-electron chi connectivity index (χ3n) is 3.79. The molecule has 0 aromatic heterocycles. The largest absolute Gasteiger partial charge is 0.497 e. The molecule has 114 valence electrons. The zero-order chi connectivity index (χ0) is 15.6. The van der Waals surface area contributed by atoms with Gasteiger partial charge in [-0.2, -0.15) is 0 Å². The van der Waals surface area contributed by atoms with Gasteiger partial charge in [0.25, 0.3) is 0 Å². The quantitative estimate of drug-likeness (QED) is 0.636. The van der Waals surface area contributed by atoms with Gasteiger partial charge in [-0.25, -0.2) is 0 Å². The average molecular weight is 294 g/mol. The van der Waals surface area contributed by atoms with Crippen LogP contribution >= 0.6 is 0 Å². The van der Waals surface area contributed by atoms with E-state index in [0.29, 0.717) is 17.1 Å². The molecule has 21 heavy (non-hydrogen) atoms. The molecule has 0 bridgehead atoms. The number of hydrogen-bond acceptors (Lipinski definition) is 5. The van der Waals surface area contributed by atoms with E-state index in [0.717, 1.165) is 0 Å². The summed E-state index contributed by atoms with van der Waals surface area (Å²) in [6.07, 6.45) is 0.199. The second kappa shape index (κ2) is 5.63. The molecular weight excluding hydrogens is 276 g/mol. The van der Waals surface area contributed by atoms with Crippen molar-refractivity contribution in [3.8, 4) is 11.5 Å². The highest BCUT2D eigenvalue weighted by atomic mass is 16.5. The highest BCUT2D eigenvalue weighted by molar-refractivity contribution is 6.04. The topological polar surface area (TPSA) is 82.1 Å². The van der Waals surface area contributed by atoms with Crippen LogP contribution in [0.5, 0.6) is 11.5 Å². The number of carboxylic acids is 1. The average Bonchev–Trinajstić information content (AvgIpc) is 3.23. The van der Waals surface area contributed by atoms with Gasteiger partial charge in [-0.05, 0) is 31.5 Å². The van der Waals surface area contributed by atoms with Crippen LogP contribution in [0.25, 0.3) is 0 Å². The smallest absolute Gasteiger partial charge is 0.324 e. The normalized spacial score (nSPS) is 23.3. The molecule has 1 N–H and O–H groups in total. The van der Waals surface area contributed by atoms with E-state index in [1.54, 1.807) is 25.1 Å². The number of rotatable bonds is 6. The van der Waals surface area contributed by atoms with Crippen LogP contribution in [0, 0.1) is 5.41 Å². The molecule has 2 atom stereocenters. The summed E-state index contributed by atoms with van der Waals surface area (Å²) in [5.74, 6) is -1.23. The van der Waals surface area contributed by atoms with E-state index in [1.807, 2.05) is 0 Å². The standard InChI is InChI=1S/C15H18O6/c1-4-21-14(18)15(13(16)17)8-11(15)10-7-9(19-2)5-6-12(10)20-3/h5-7,11H,4,8H2,1-3H3,(H,16,17). The Labute approximate surface area is 122 Å². The lowest BCUT2D eigenvalue weighted by molar-refractivity contribution is -0.161. The lowest BCUT2D eigenvalue weighted by atomic mass is 9.98. The van der Waals surface area contributed by atoms with Gasteiger partial charge in [0, 0.05) is 11.5 Å². The van der Waals surface area contributed by atoms with Crippen molar-refractivity contribution in [2.45, 2.75) is 19.3 Å². The number of carbonyl (C=O) groups excluding carboxylic acids is 1. The van der Waals surface area contributed by atoms with Gasteiger partial charge in [-0.3, -0.25) is 9.59 Å². The summed E-state index contributed by atoms with van der Waals surface area (Å²) in [5.41, 5.74) is -0.873. The predicted molar refractivity (Wildman–Crippen MR) is 73.6 cm³/mol. The van der Waals surface area contributed by atoms with E-state index in [2.05, 4.69) is 0 Å². The molecule has 0 saturated heterocycles. The van der Waals surface area contributed by atoms with Crippen LogP contribution in [0.2, 0.25) is 0 Å². The number of benzene rings is 1. The Balaban J connectivity index is 2.39. The number of hydrogen-bond donors (Lipinski definition) is 1. The number of aliphatic carboxylic acids is 1. The van der Waals surface area contributed by atoms with Crippen molar-refractivity contribution in [1.82, 2.24) is 0 Å². The molecule has 6 heteroatoms. The van der Waals surface area contributed by atoms with Crippen molar-refractivity contribution in [1.29, 1.82) is 0 Å². The summed E-state index contributed by atoms with van der Waals surface area (Å²) in [6.45, 7) is 1.80. The zero-order valence-electron chi connectivity index (χ0n) is 12.2. The molecule has 0 aliphatic heterocycles. The molecule has 0 heterocycles. The van der Waals surface area contributed by atoms with E-state index >= 15 is 0 Å². The predicted octanol–water partition coefficient (Wildman–Crippen LogP) is 1.83. The van der Waals surface area contributed by atoms with Crippen LogP contribution in [-0.2, 0) is 14.3 Å². The summed E-state index contributed by atoms with van der Waals surface area (Å²) >= 11 is 0. The van der Waals surface area contributed by atoms with Gasteiger partial charge in [0.1, 0.15) is 11.5 Å². The molecule has 6 nitrogen and oxygen atoms in total. The van der Waals surface area contributed by atoms with E-state index in [-0.39, 0.29) is 13.0 Å². The number of carbonyl (C=O) groups is 2. The van der Waals surface area contributed by atoms with Gasteiger partial charge in [-0.15, -0.1) is 0 Å². The first-order chi connectivity index (χ1) is 10.0. The van der Waals surface area contributed by atoms with Crippen LogP contribution in [0.15, 0.2) is 18.2 Å². The van der Waals surface area contributed by atoms with Gasteiger partial charge in [-0.1, -0.05) is 0 Å². The summed E-state index contributed by atoms with van der Waals surface area (Å²) in [6, 6.07) is 5.12. The Morgan fingerprint density at radius 2 is 2.05 bits per heavy atom. The molecule has 1 aliphatic carbocycles. The summed E-state index contributed by atoms with van der Waals surface area (Å²) in [4.78, 5) is 23.6. The molecule has 1 fully saturated rings. The van der Waals surface area contributed by atoms with Gasteiger partial charge in [0.05, 0.1) is 20.8 Å². The summed E-state index contributed by atoms with van der Waals surface area (Å²) < 4.78 is 15.3. The molecule has 2 rings (SSSR count). The van der Waals surface area contributed by atoms with Crippen molar-refractivity contribution in [3.63, 3.8) is 0 Å². The third-order valence-corrected chi connectivity index (χ3v) is 3.79. The first-order valence-electron chi connectivity index (χ1n) is 6.63. The van der Waals surface area contributed by atoms with E-state index in [9.17, 15) is 14.7 Å². The molecule has 1 saturated carbocycles. The van der Waals surface area contributed by atoms with Gasteiger partial charge < -0.3 is 19.3 Å². The van der Waals surface area contributed by atoms with Gasteiger partial charge >= 0.3 is 11.9 Å². The molecule has 1 aromatic carbocycles. The summed E-state index contributed by atoms with van der Waals surface area (Å²) in [5, 5.41) is 9.45. The fraction of sp³-hybridized carbons (Fsp3) is 0.467. The second-order valence-corrected chi connectivity index (χ2v) is 4.86. The Kier molecular flexibility index (Phi) is 4.06. The van der Waals surface area contributed by atoms with Crippen LogP contribution < -0.4 is 9.47 Å². The lowest BCUT2D eigenvalue weighted by Gasteiger charge is -2.14. The first-order valence-corrected chi connectivity index (χ1v) is 6.63. The monoisotopic (exact) mass is 294 g/mol. The zero-order valence-corrected chi connectivity index (χ0v) is 12.2. The fourth-order valence-electron chi connectivity index (χ4n) is 2.56. The Morgan fingerprint density at radius 3 is 2.57 bits per heavy atom. The second-order valence-electron chi connectivity index (χ2n) is 4.86. The SMILES string of the molecule is CCOC(=O)C1(C(=O)O)CC1c1cc(OC)ccc1OC. The van der Waals surface area contributed by atoms with Crippen molar-refractivity contribution in [3.05, 3.63) is 23.8 Å². The summed E-state index contributed by atoms with van der Waals surface area (Å²) in [7, 11) is 3.02. The molecule has 2 unspecified atom stereocenters. The number of esters is 1. The van der Waals surface area contributed by atoms with Crippen LogP contribution in [0.3, 0.4) is 0 Å². The van der Waals surface area contributed by atoms with Crippen LogP contribution in [0.1, 0.15) is 24.8 Å². The van der Waals surface area contributed by atoms with Crippen molar-refractivity contribution >= 4 is 11.9 Å². The highest BCUT2D eigenvalue weighted by Crippen LogP contribution is 2.62. The third kappa shape index (κ3) is 2.41. The molecule has 1 aliphatic rings. The number of ether oxygens (including phenoxy) is 3.